The Hall–Kier alpha value is -0.610. The summed E-state index contributed by atoms with van der Waals surface area (Å²) >= 11 is 0. The third-order valence-electron chi connectivity index (χ3n) is 3.22. The Morgan fingerprint density at radius 2 is 2.12 bits per heavy atom. The molecule has 1 N–H and O–H groups in total. The normalized spacial score (nSPS) is 25.4. The molecule has 0 radical (unpaired) electrons. The Kier molecular flexibility index (Phi) is 6.42. The standard InChI is InChI=1S/C12H22O4/c1-15-12(14)9-16-11-7-3-2-5-10(11)6-4-8-13/h10-11,13H,2-9H2,1H3. The number of methoxy groups -OCH3 is 1. The van der Waals surface area contributed by atoms with Crippen LogP contribution >= 0.6 is 0 Å². The van der Waals surface area contributed by atoms with Crippen molar-refractivity contribution in [2.45, 2.75) is 44.6 Å². The summed E-state index contributed by atoms with van der Waals surface area (Å²) in [5.41, 5.74) is 0. The Morgan fingerprint density at radius 1 is 1.38 bits per heavy atom. The molecule has 1 aliphatic carbocycles. The quantitative estimate of drug-likeness (QED) is 0.703. The van der Waals surface area contributed by atoms with Crippen molar-refractivity contribution in [3.8, 4) is 0 Å². The van der Waals surface area contributed by atoms with Crippen LogP contribution in [0.25, 0.3) is 0 Å². The average molecular weight is 230 g/mol. The highest BCUT2D eigenvalue weighted by molar-refractivity contribution is 5.70. The molecule has 0 aromatic heterocycles. The van der Waals surface area contributed by atoms with Crippen LogP contribution in [0, 0.1) is 5.92 Å². The number of esters is 1. The van der Waals surface area contributed by atoms with Gasteiger partial charge in [-0.3, -0.25) is 0 Å². The van der Waals surface area contributed by atoms with Crippen molar-refractivity contribution in [2.24, 2.45) is 5.92 Å². The van der Waals surface area contributed by atoms with Crippen molar-refractivity contribution in [1.29, 1.82) is 0 Å². The van der Waals surface area contributed by atoms with Crippen LogP contribution in [0.2, 0.25) is 0 Å². The molecule has 2 atom stereocenters. The number of rotatable bonds is 6. The zero-order valence-electron chi connectivity index (χ0n) is 9.98. The van der Waals surface area contributed by atoms with E-state index >= 15 is 0 Å². The lowest BCUT2D eigenvalue weighted by Gasteiger charge is -2.31. The average Bonchev–Trinajstić information content (AvgIpc) is 2.34. The predicted octanol–water partition coefficient (Wildman–Crippen LogP) is 1.51. The maximum Gasteiger partial charge on any atom is 0.331 e. The summed E-state index contributed by atoms with van der Waals surface area (Å²) in [5.74, 6) is 0.178. The maximum atomic E-state index is 11.0. The molecule has 0 bridgehead atoms. The predicted molar refractivity (Wildman–Crippen MR) is 60.0 cm³/mol. The van der Waals surface area contributed by atoms with E-state index in [1.807, 2.05) is 0 Å². The minimum atomic E-state index is -0.313. The van der Waals surface area contributed by atoms with E-state index in [0.29, 0.717) is 5.92 Å². The van der Waals surface area contributed by atoms with Gasteiger partial charge in [0.2, 0.25) is 0 Å². The first-order chi connectivity index (χ1) is 7.77. The molecule has 0 aromatic rings. The lowest BCUT2D eigenvalue weighted by molar-refractivity contribution is -0.150. The van der Waals surface area contributed by atoms with Crippen molar-refractivity contribution >= 4 is 5.97 Å². The summed E-state index contributed by atoms with van der Waals surface area (Å²) in [4.78, 5) is 11.0. The summed E-state index contributed by atoms with van der Waals surface area (Å²) < 4.78 is 10.1. The van der Waals surface area contributed by atoms with Gasteiger partial charge in [0.1, 0.15) is 6.61 Å². The lowest BCUT2D eigenvalue weighted by atomic mass is 9.83. The number of carbonyl (C=O) groups excluding carboxylic acids is 1. The second-order valence-electron chi connectivity index (χ2n) is 4.34. The Balaban J connectivity index is 2.31. The van der Waals surface area contributed by atoms with Gasteiger partial charge in [-0.1, -0.05) is 12.8 Å². The van der Waals surface area contributed by atoms with Crippen LogP contribution in [0.5, 0.6) is 0 Å². The minimum absolute atomic E-state index is 0.0524. The van der Waals surface area contributed by atoms with Gasteiger partial charge in [-0.15, -0.1) is 0 Å². The fourth-order valence-electron chi connectivity index (χ4n) is 2.31. The number of hydrogen-bond acceptors (Lipinski definition) is 4. The third-order valence-corrected chi connectivity index (χ3v) is 3.22. The van der Waals surface area contributed by atoms with Crippen LogP contribution in [-0.2, 0) is 14.3 Å². The maximum absolute atomic E-state index is 11.0. The zero-order chi connectivity index (χ0) is 11.8. The van der Waals surface area contributed by atoms with E-state index in [4.69, 9.17) is 9.84 Å². The first-order valence-electron chi connectivity index (χ1n) is 6.07. The van der Waals surface area contributed by atoms with Crippen molar-refractivity contribution in [3.05, 3.63) is 0 Å². The first-order valence-corrected chi connectivity index (χ1v) is 6.07. The van der Waals surface area contributed by atoms with Gasteiger partial charge in [-0.2, -0.15) is 0 Å². The van der Waals surface area contributed by atoms with Crippen LogP contribution in [0.4, 0.5) is 0 Å². The highest BCUT2D eigenvalue weighted by Gasteiger charge is 2.25. The van der Waals surface area contributed by atoms with Crippen LogP contribution in [0.1, 0.15) is 38.5 Å². The SMILES string of the molecule is COC(=O)COC1CCCCC1CCCO. The van der Waals surface area contributed by atoms with E-state index < -0.39 is 0 Å². The van der Waals surface area contributed by atoms with Gasteiger partial charge in [-0.05, 0) is 31.6 Å². The van der Waals surface area contributed by atoms with Gasteiger partial charge >= 0.3 is 5.97 Å². The Bertz CT molecular complexity index is 205. The molecule has 2 unspecified atom stereocenters. The Labute approximate surface area is 96.9 Å². The van der Waals surface area contributed by atoms with Crippen LogP contribution < -0.4 is 0 Å². The molecule has 0 saturated heterocycles. The van der Waals surface area contributed by atoms with Gasteiger partial charge in [0.15, 0.2) is 0 Å². The van der Waals surface area contributed by atoms with Gasteiger partial charge in [0.05, 0.1) is 13.2 Å². The number of aliphatic hydroxyl groups is 1. The monoisotopic (exact) mass is 230 g/mol. The van der Waals surface area contributed by atoms with Crippen molar-refractivity contribution in [1.82, 2.24) is 0 Å². The Morgan fingerprint density at radius 3 is 2.81 bits per heavy atom. The molecule has 1 rings (SSSR count). The number of hydrogen-bond donors (Lipinski definition) is 1. The van der Waals surface area contributed by atoms with Crippen LogP contribution in [0.3, 0.4) is 0 Å². The van der Waals surface area contributed by atoms with Crippen LogP contribution in [0.15, 0.2) is 0 Å². The molecule has 0 spiro atoms. The second-order valence-corrected chi connectivity index (χ2v) is 4.34. The van der Waals surface area contributed by atoms with E-state index in [-0.39, 0.29) is 25.3 Å². The second kappa shape index (κ2) is 7.63. The summed E-state index contributed by atoms with van der Waals surface area (Å²) in [7, 11) is 1.37. The van der Waals surface area contributed by atoms with Crippen molar-refractivity contribution in [3.63, 3.8) is 0 Å². The number of carbonyl (C=O) groups is 1. The summed E-state index contributed by atoms with van der Waals surface area (Å²) in [6.45, 7) is 0.289. The summed E-state index contributed by atoms with van der Waals surface area (Å²) in [6, 6.07) is 0. The molecule has 1 fully saturated rings. The van der Waals surface area contributed by atoms with Gasteiger partial charge in [0, 0.05) is 6.61 Å². The molecule has 0 aromatic carbocycles. The van der Waals surface area contributed by atoms with Crippen molar-refractivity contribution in [2.75, 3.05) is 20.3 Å². The van der Waals surface area contributed by atoms with Gasteiger partial charge < -0.3 is 14.6 Å². The van der Waals surface area contributed by atoms with E-state index in [1.165, 1.54) is 20.0 Å². The molecule has 4 nitrogen and oxygen atoms in total. The molecule has 1 saturated carbocycles. The van der Waals surface area contributed by atoms with Gasteiger partial charge in [-0.25, -0.2) is 4.79 Å². The molecule has 0 aliphatic heterocycles. The van der Waals surface area contributed by atoms with E-state index in [2.05, 4.69) is 4.74 Å². The van der Waals surface area contributed by atoms with Gasteiger partial charge in [0.25, 0.3) is 0 Å². The molecule has 1 aliphatic rings. The van der Waals surface area contributed by atoms with E-state index in [1.54, 1.807) is 0 Å². The number of ether oxygens (including phenoxy) is 2. The fraction of sp³-hybridized carbons (Fsp3) is 0.917. The zero-order valence-corrected chi connectivity index (χ0v) is 9.98. The van der Waals surface area contributed by atoms with E-state index in [9.17, 15) is 4.79 Å². The van der Waals surface area contributed by atoms with Crippen LogP contribution in [-0.4, -0.2) is 37.5 Å². The molecule has 0 amide bonds. The molecule has 94 valence electrons. The third kappa shape index (κ3) is 4.49. The highest BCUT2D eigenvalue weighted by atomic mass is 16.6. The molecular weight excluding hydrogens is 208 g/mol. The molecule has 4 heteroatoms. The topological polar surface area (TPSA) is 55.8 Å². The number of aliphatic hydroxyl groups excluding tert-OH is 1. The highest BCUT2D eigenvalue weighted by Crippen LogP contribution is 2.30. The smallest absolute Gasteiger partial charge is 0.331 e. The summed E-state index contributed by atoms with van der Waals surface area (Å²) in [5, 5.41) is 8.82. The van der Waals surface area contributed by atoms with E-state index in [0.717, 1.165) is 25.7 Å². The minimum Gasteiger partial charge on any atom is -0.467 e. The molecule has 0 heterocycles. The molecule has 16 heavy (non-hydrogen) atoms. The lowest BCUT2D eigenvalue weighted by Crippen LogP contribution is -2.30. The summed E-state index contributed by atoms with van der Waals surface area (Å²) in [6.07, 6.45) is 6.54. The van der Waals surface area contributed by atoms with Crippen molar-refractivity contribution < 1.29 is 19.4 Å². The largest absolute Gasteiger partial charge is 0.467 e. The fourth-order valence-corrected chi connectivity index (χ4v) is 2.31. The first kappa shape index (κ1) is 13.5. The molecular formula is C12H22O4.